The maximum atomic E-state index is 14.1. The highest BCUT2D eigenvalue weighted by molar-refractivity contribution is 5.42. The van der Waals surface area contributed by atoms with Gasteiger partial charge in [-0.25, -0.2) is 13.8 Å². The third-order valence-corrected chi connectivity index (χ3v) is 3.28. The number of benzene rings is 1. The van der Waals surface area contributed by atoms with Crippen molar-refractivity contribution >= 4 is 0 Å². The average Bonchev–Trinajstić information content (AvgIpc) is 2.79. The van der Waals surface area contributed by atoms with Gasteiger partial charge >= 0.3 is 0 Å². The highest BCUT2D eigenvalue weighted by Gasteiger charge is 2.20. The number of rotatable bonds is 1. The van der Waals surface area contributed by atoms with Gasteiger partial charge in [0.05, 0.1) is 12.0 Å². The molecule has 18 heavy (non-hydrogen) atoms. The van der Waals surface area contributed by atoms with E-state index in [9.17, 15) is 8.78 Å². The normalized spacial score (nSPS) is 14.6. The molecule has 0 spiro atoms. The largest absolute Gasteiger partial charge is 0.311 e. The predicted molar refractivity (Wildman–Crippen MR) is 63.6 cm³/mol. The first kappa shape index (κ1) is 11.3. The third-order valence-electron chi connectivity index (χ3n) is 3.28. The topological polar surface area (TPSA) is 29.9 Å². The molecule has 94 valence electrons. The molecular weight excluding hydrogens is 236 g/mol. The molecule has 5 heteroatoms. The van der Waals surface area contributed by atoms with Gasteiger partial charge in [0, 0.05) is 25.2 Å². The fraction of sp³-hybridized carbons (Fsp3) is 0.308. The van der Waals surface area contributed by atoms with Gasteiger partial charge in [0.25, 0.3) is 0 Å². The molecule has 1 aromatic heterocycles. The third kappa shape index (κ3) is 1.62. The lowest BCUT2D eigenvalue weighted by atomic mass is 10.1. The second-order valence-electron chi connectivity index (χ2n) is 4.46. The molecule has 0 atom stereocenters. The predicted octanol–water partition coefficient (Wildman–Crippen LogP) is 2.10. The van der Waals surface area contributed by atoms with Crippen LogP contribution in [0.4, 0.5) is 8.78 Å². The quantitative estimate of drug-likeness (QED) is 0.838. The van der Waals surface area contributed by atoms with E-state index < -0.39 is 11.6 Å². The molecule has 0 saturated carbocycles. The minimum absolute atomic E-state index is 0.0225. The summed E-state index contributed by atoms with van der Waals surface area (Å²) in [5.74, 6) is -1.08. The van der Waals surface area contributed by atoms with Crippen LogP contribution < -0.4 is 5.32 Å². The van der Waals surface area contributed by atoms with E-state index >= 15 is 0 Å². The van der Waals surface area contributed by atoms with Gasteiger partial charge in [0.15, 0.2) is 5.82 Å². The Morgan fingerprint density at radius 1 is 1.33 bits per heavy atom. The van der Waals surface area contributed by atoms with Crippen molar-refractivity contribution < 1.29 is 8.78 Å². The highest BCUT2D eigenvalue weighted by atomic mass is 19.1. The molecule has 0 aliphatic carbocycles. The highest BCUT2D eigenvalue weighted by Crippen LogP contribution is 2.24. The average molecular weight is 249 g/mol. The molecule has 0 saturated heterocycles. The van der Waals surface area contributed by atoms with E-state index in [0.29, 0.717) is 12.1 Å². The van der Waals surface area contributed by atoms with Gasteiger partial charge in [-0.15, -0.1) is 0 Å². The van der Waals surface area contributed by atoms with E-state index in [1.54, 1.807) is 6.92 Å². The summed E-state index contributed by atoms with van der Waals surface area (Å²) >= 11 is 0. The van der Waals surface area contributed by atoms with Gasteiger partial charge in [-0.3, -0.25) is 4.57 Å². The Morgan fingerprint density at radius 2 is 2.17 bits per heavy atom. The molecular formula is C13H13F2N3. The van der Waals surface area contributed by atoms with Crippen LogP contribution in [0.25, 0.3) is 5.69 Å². The van der Waals surface area contributed by atoms with Crippen LogP contribution in [0, 0.1) is 18.6 Å². The zero-order valence-electron chi connectivity index (χ0n) is 10.0. The van der Waals surface area contributed by atoms with E-state index in [2.05, 4.69) is 10.3 Å². The van der Waals surface area contributed by atoms with Crippen molar-refractivity contribution in [3.8, 4) is 5.69 Å². The molecule has 2 heterocycles. The molecule has 0 amide bonds. The van der Waals surface area contributed by atoms with Crippen molar-refractivity contribution in [3.63, 3.8) is 0 Å². The summed E-state index contributed by atoms with van der Waals surface area (Å²) in [6.07, 6.45) is 2.22. The van der Waals surface area contributed by atoms with Crippen LogP contribution in [0.1, 0.15) is 17.0 Å². The molecule has 0 fully saturated rings. The van der Waals surface area contributed by atoms with Crippen LogP contribution in [0.15, 0.2) is 18.5 Å². The number of hydrogen-bond donors (Lipinski definition) is 1. The van der Waals surface area contributed by atoms with Crippen molar-refractivity contribution in [2.75, 3.05) is 6.54 Å². The summed E-state index contributed by atoms with van der Waals surface area (Å²) in [4.78, 5) is 4.21. The fourth-order valence-electron chi connectivity index (χ4n) is 2.29. The van der Waals surface area contributed by atoms with Crippen molar-refractivity contribution in [1.82, 2.24) is 14.9 Å². The van der Waals surface area contributed by atoms with Gasteiger partial charge in [-0.2, -0.15) is 0 Å². The van der Waals surface area contributed by atoms with E-state index in [4.69, 9.17) is 0 Å². The molecule has 1 N–H and O–H groups in total. The van der Waals surface area contributed by atoms with Crippen LogP contribution in [0.5, 0.6) is 0 Å². The monoisotopic (exact) mass is 249 g/mol. The van der Waals surface area contributed by atoms with Crippen molar-refractivity contribution in [1.29, 1.82) is 0 Å². The lowest BCUT2D eigenvalue weighted by molar-refractivity contribution is 0.555. The molecule has 3 rings (SSSR count). The van der Waals surface area contributed by atoms with Crippen LogP contribution in [-0.4, -0.2) is 16.1 Å². The summed E-state index contributed by atoms with van der Waals surface area (Å²) in [6, 6.07) is 2.74. The van der Waals surface area contributed by atoms with Crippen LogP contribution in [0.2, 0.25) is 0 Å². The number of halogens is 2. The summed E-state index contributed by atoms with van der Waals surface area (Å²) in [6.45, 7) is 3.08. The fourth-order valence-corrected chi connectivity index (χ4v) is 2.29. The summed E-state index contributed by atoms with van der Waals surface area (Å²) in [7, 11) is 0. The van der Waals surface area contributed by atoms with E-state index in [0.717, 1.165) is 24.4 Å². The van der Waals surface area contributed by atoms with Gasteiger partial charge in [0.1, 0.15) is 11.5 Å². The molecule has 1 aliphatic heterocycles. The van der Waals surface area contributed by atoms with Gasteiger partial charge in [0.2, 0.25) is 0 Å². The molecule has 0 radical (unpaired) electrons. The number of aromatic nitrogens is 2. The number of imidazole rings is 1. The van der Waals surface area contributed by atoms with E-state index in [1.807, 2.05) is 0 Å². The van der Waals surface area contributed by atoms with Crippen molar-refractivity contribution in [3.05, 3.63) is 47.0 Å². The lowest BCUT2D eigenvalue weighted by Crippen LogP contribution is -2.25. The van der Waals surface area contributed by atoms with Gasteiger partial charge in [-0.1, -0.05) is 6.07 Å². The van der Waals surface area contributed by atoms with Crippen molar-refractivity contribution in [2.45, 2.75) is 19.9 Å². The first-order valence-corrected chi connectivity index (χ1v) is 5.89. The second-order valence-corrected chi connectivity index (χ2v) is 4.46. The SMILES string of the molecule is Cc1ccc(F)c(-n2cnc3c2CCNC3)c1F. The number of fused-ring (bicyclic) bond motifs is 1. The smallest absolute Gasteiger partial charge is 0.153 e. The Bertz CT molecular complexity index is 605. The number of nitrogens with one attached hydrogen (secondary N) is 1. The Hall–Kier alpha value is -1.75. The molecule has 2 aromatic rings. The standard InChI is InChI=1S/C13H13F2N3/c1-8-2-3-9(14)13(12(8)15)18-7-17-10-6-16-5-4-11(10)18/h2-3,7,16H,4-6H2,1H3. The first-order valence-electron chi connectivity index (χ1n) is 5.89. The van der Waals surface area contributed by atoms with Crippen LogP contribution in [0.3, 0.4) is 0 Å². The maximum Gasteiger partial charge on any atom is 0.153 e. The number of aryl methyl sites for hydroxylation is 1. The summed E-state index contributed by atoms with van der Waals surface area (Å²) in [5.41, 5.74) is 2.16. The summed E-state index contributed by atoms with van der Waals surface area (Å²) in [5, 5.41) is 3.18. The van der Waals surface area contributed by atoms with Gasteiger partial charge < -0.3 is 5.32 Å². The van der Waals surface area contributed by atoms with Crippen LogP contribution >= 0.6 is 0 Å². The summed E-state index contributed by atoms with van der Waals surface area (Å²) < 4.78 is 29.5. The molecule has 1 aliphatic rings. The number of hydrogen-bond acceptors (Lipinski definition) is 2. The zero-order valence-corrected chi connectivity index (χ0v) is 10.0. The Labute approximate surface area is 103 Å². The molecule has 3 nitrogen and oxygen atoms in total. The van der Waals surface area contributed by atoms with E-state index in [1.165, 1.54) is 23.0 Å². The van der Waals surface area contributed by atoms with Gasteiger partial charge in [-0.05, 0) is 18.6 Å². The Balaban J connectivity index is 2.21. The minimum atomic E-state index is -0.558. The maximum absolute atomic E-state index is 14.1. The minimum Gasteiger partial charge on any atom is -0.311 e. The lowest BCUT2D eigenvalue weighted by Gasteiger charge is -2.16. The number of nitrogens with zero attached hydrogens (tertiary/aromatic N) is 2. The zero-order chi connectivity index (χ0) is 12.7. The first-order chi connectivity index (χ1) is 8.68. The second kappa shape index (κ2) is 4.17. The molecule has 0 unspecified atom stereocenters. The van der Waals surface area contributed by atoms with Crippen molar-refractivity contribution in [2.24, 2.45) is 0 Å². The Kier molecular flexibility index (Phi) is 2.63. The molecule has 1 aromatic carbocycles. The van der Waals surface area contributed by atoms with Crippen LogP contribution in [-0.2, 0) is 13.0 Å². The Morgan fingerprint density at radius 3 is 3.00 bits per heavy atom. The molecule has 0 bridgehead atoms. The van der Waals surface area contributed by atoms with E-state index in [-0.39, 0.29) is 5.69 Å².